The molecular formula is C18H21N5O. The van der Waals surface area contributed by atoms with Crippen LogP contribution in [0.1, 0.15) is 18.2 Å². The molecule has 0 bridgehead atoms. The Morgan fingerprint density at radius 2 is 1.71 bits per heavy atom. The Kier molecular flexibility index (Phi) is 4.80. The standard InChI is InChI=1S/C18H21N5O/c1-3-24-18-6-4-5-16(21-18)22-9-11-23(12-10-22)17-8-7-14(2)15(13-19)20-17/h4-8H,3,9-12H2,1-2H3. The van der Waals surface area contributed by atoms with Gasteiger partial charge in [-0.05, 0) is 31.5 Å². The Bertz CT molecular complexity index is 747. The number of piperazine rings is 1. The first-order valence-electron chi connectivity index (χ1n) is 8.18. The summed E-state index contributed by atoms with van der Waals surface area (Å²) in [7, 11) is 0. The van der Waals surface area contributed by atoms with E-state index in [9.17, 15) is 0 Å². The van der Waals surface area contributed by atoms with Gasteiger partial charge in [-0.3, -0.25) is 0 Å². The number of ether oxygens (including phenoxy) is 1. The molecule has 2 aromatic rings. The van der Waals surface area contributed by atoms with E-state index in [0.717, 1.165) is 43.4 Å². The fourth-order valence-corrected chi connectivity index (χ4v) is 2.78. The molecule has 124 valence electrons. The SMILES string of the molecule is CCOc1cccc(N2CCN(c3ccc(C)c(C#N)n3)CC2)n1. The summed E-state index contributed by atoms with van der Waals surface area (Å²) in [5, 5.41) is 9.14. The van der Waals surface area contributed by atoms with Crippen molar-refractivity contribution in [2.45, 2.75) is 13.8 Å². The highest BCUT2D eigenvalue weighted by Gasteiger charge is 2.20. The maximum absolute atomic E-state index is 9.14. The molecule has 0 saturated carbocycles. The second-order valence-corrected chi connectivity index (χ2v) is 5.69. The maximum Gasteiger partial charge on any atom is 0.215 e. The van der Waals surface area contributed by atoms with Gasteiger partial charge in [-0.15, -0.1) is 0 Å². The van der Waals surface area contributed by atoms with Gasteiger partial charge in [0.2, 0.25) is 5.88 Å². The lowest BCUT2D eigenvalue weighted by molar-refractivity contribution is 0.327. The lowest BCUT2D eigenvalue weighted by Gasteiger charge is -2.36. The molecule has 1 aliphatic rings. The molecule has 0 N–H and O–H groups in total. The van der Waals surface area contributed by atoms with Gasteiger partial charge in [0, 0.05) is 32.2 Å². The third-order valence-corrected chi connectivity index (χ3v) is 4.12. The largest absolute Gasteiger partial charge is 0.478 e. The molecule has 0 unspecified atom stereocenters. The summed E-state index contributed by atoms with van der Waals surface area (Å²) in [5.74, 6) is 2.47. The number of anilines is 2. The number of aryl methyl sites for hydroxylation is 1. The minimum absolute atomic E-state index is 0.501. The van der Waals surface area contributed by atoms with Crippen LogP contribution in [0.15, 0.2) is 30.3 Å². The van der Waals surface area contributed by atoms with Crippen LogP contribution in [-0.4, -0.2) is 42.8 Å². The lowest BCUT2D eigenvalue weighted by Crippen LogP contribution is -2.47. The molecule has 1 fully saturated rings. The van der Waals surface area contributed by atoms with Crippen molar-refractivity contribution in [3.05, 3.63) is 41.6 Å². The molecule has 2 aromatic heterocycles. The summed E-state index contributed by atoms with van der Waals surface area (Å²) in [6, 6.07) is 12.0. The number of pyridine rings is 2. The molecule has 0 aliphatic carbocycles. The van der Waals surface area contributed by atoms with Gasteiger partial charge >= 0.3 is 0 Å². The van der Waals surface area contributed by atoms with Crippen LogP contribution in [0.2, 0.25) is 0 Å². The highest BCUT2D eigenvalue weighted by atomic mass is 16.5. The summed E-state index contributed by atoms with van der Waals surface area (Å²) in [6.07, 6.45) is 0. The van der Waals surface area contributed by atoms with Gasteiger partial charge in [-0.1, -0.05) is 12.1 Å². The zero-order chi connectivity index (χ0) is 16.9. The van der Waals surface area contributed by atoms with Crippen molar-refractivity contribution in [3.8, 4) is 11.9 Å². The van der Waals surface area contributed by atoms with Crippen molar-refractivity contribution in [2.24, 2.45) is 0 Å². The number of aromatic nitrogens is 2. The van der Waals surface area contributed by atoms with Gasteiger partial charge in [0.1, 0.15) is 23.4 Å². The fourth-order valence-electron chi connectivity index (χ4n) is 2.78. The average molecular weight is 323 g/mol. The number of rotatable bonds is 4. The van der Waals surface area contributed by atoms with Gasteiger partial charge in [0.25, 0.3) is 0 Å². The summed E-state index contributed by atoms with van der Waals surface area (Å²) in [4.78, 5) is 13.5. The zero-order valence-corrected chi connectivity index (χ0v) is 14.1. The highest BCUT2D eigenvalue weighted by molar-refractivity contribution is 5.48. The number of hydrogen-bond acceptors (Lipinski definition) is 6. The topological polar surface area (TPSA) is 65.3 Å². The van der Waals surface area contributed by atoms with Crippen LogP contribution < -0.4 is 14.5 Å². The minimum Gasteiger partial charge on any atom is -0.478 e. The van der Waals surface area contributed by atoms with E-state index >= 15 is 0 Å². The van der Waals surface area contributed by atoms with Crippen LogP contribution in [0.25, 0.3) is 0 Å². The first kappa shape index (κ1) is 16.1. The fraction of sp³-hybridized carbons (Fsp3) is 0.389. The Hall–Kier alpha value is -2.81. The van der Waals surface area contributed by atoms with E-state index in [1.807, 2.05) is 44.2 Å². The van der Waals surface area contributed by atoms with Crippen molar-refractivity contribution >= 4 is 11.6 Å². The van der Waals surface area contributed by atoms with Gasteiger partial charge < -0.3 is 14.5 Å². The summed E-state index contributed by atoms with van der Waals surface area (Å²) in [5.41, 5.74) is 1.41. The van der Waals surface area contributed by atoms with Crippen molar-refractivity contribution in [3.63, 3.8) is 0 Å². The molecule has 6 nitrogen and oxygen atoms in total. The van der Waals surface area contributed by atoms with Crippen LogP contribution in [0, 0.1) is 18.3 Å². The molecule has 1 saturated heterocycles. The van der Waals surface area contributed by atoms with Crippen LogP contribution in [0.5, 0.6) is 5.88 Å². The van der Waals surface area contributed by atoms with E-state index in [-0.39, 0.29) is 0 Å². The zero-order valence-electron chi connectivity index (χ0n) is 14.1. The van der Waals surface area contributed by atoms with Crippen molar-refractivity contribution in [1.82, 2.24) is 9.97 Å². The molecule has 0 radical (unpaired) electrons. The normalized spacial score (nSPS) is 14.4. The molecular weight excluding hydrogens is 302 g/mol. The highest BCUT2D eigenvalue weighted by Crippen LogP contribution is 2.20. The first-order chi connectivity index (χ1) is 11.7. The van der Waals surface area contributed by atoms with E-state index < -0.39 is 0 Å². The molecule has 3 heterocycles. The smallest absolute Gasteiger partial charge is 0.215 e. The Balaban J connectivity index is 1.68. The molecule has 24 heavy (non-hydrogen) atoms. The van der Waals surface area contributed by atoms with Gasteiger partial charge in [-0.25, -0.2) is 4.98 Å². The molecule has 0 aromatic carbocycles. The van der Waals surface area contributed by atoms with Gasteiger partial charge in [0.05, 0.1) is 6.61 Å². The van der Waals surface area contributed by atoms with Crippen LogP contribution in [-0.2, 0) is 0 Å². The maximum atomic E-state index is 9.14. The van der Waals surface area contributed by atoms with E-state index in [0.29, 0.717) is 18.2 Å². The van der Waals surface area contributed by atoms with Crippen molar-refractivity contribution < 1.29 is 4.74 Å². The van der Waals surface area contributed by atoms with Gasteiger partial charge in [0.15, 0.2) is 0 Å². The first-order valence-corrected chi connectivity index (χ1v) is 8.18. The Morgan fingerprint density at radius 1 is 1.04 bits per heavy atom. The number of hydrogen-bond donors (Lipinski definition) is 0. The molecule has 3 rings (SSSR count). The predicted molar refractivity (Wildman–Crippen MR) is 93.5 cm³/mol. The van der Waals surface area contributed by atoms with E-state index in [1.54, 1.807) is 0 Å². The second-order valence-electron chi connectivity index (χ2n) is 5.69. The lowest BCUT2D eigenvalue weighted by atomic mass is 10.2. The van der Waals surface area contributed by atoms with Crippen LogP contribution >= 0.6 is 0 Å². The van der Waals surface area contributed by atoms with E-state index in [1.165, 1.54) is 0 Å². The monoisotopic (exact) mass is 323 g/mol. The van der Waals surface area contributed by atoms with Crippen LogP contribution in [0.3, 0.4) is 0 Å². The Labute approximate surface area is 142 Å². The quantitative estimate of drug-likeness (QED) is 0.861. The Morgan fingerprint density at radius 3 is 2.33 bits per heavy atom. The molecule has 0 atom stereocenters. The third kappa shape index (κ3) is 3.40. The number of nitriles is 1. The van der Waals surface area contributed by atoms with Gasteiger partial charge in [-0.2, -0.15) is 10.2 Å². The third-order valence-electron chi connectivity index (χ3n) is 4.12. The second kappa shape index (κ2) is 7.18. The average Bonchev–Trinajstić information content (AvgIpc) is 2.63. The van der Waals surface area contributed by atoms with E-state index in [4.69, 9.17) is 10.00 Å². The van der Waals surface area contributed by atoms with Crippen LogP contribution in [0.4, 0.5) is 11.6 Å². The minimum atomic E-state index is 0.501. The van der Waals surface area contributed by atoms with Crippen molar-refractivity contribution in [2.75, 3.05) is 42.6 Å². The molecule has 0 amide bonds. The summed E-state index contributed by atoms with van der Waals surface area (Å²) >= 11 is 0. The molecule has 0 spiro atoms. The summed E-state index contributed by atoms with van der Waals surface area (Å²) < 4.78 is 5.48. The van der Waals surface area contributed by atoms with E-state index in [2.05, 4.69) is 25.8 Å². The number of nitrogens with zero attached hydrogens (tertiary/aromatic N) is 5. The molecule has 1 aliphatic heterocycles. The van der Waals surface area contributed by atoms with Crippen molar-refractivity contribution in [1.29, 1.82) is 5.26 Å². The molecule has 6 heteroatoms. The predicted octanol–water partition coefficient (Wildman–Crippen LogP) is 2.38. The summed E-state index contributed by atoms with van der Waals surface area (Å²) in [6.45, 7) is 7.90.